The Morgan fingerprint density at radius 1 is 0.529 bits per heavy atom. The minimum Gasteiger partial charge on any atom is -0.510 e. The number of rotatable bonds is 10. The fourth-order valence-electron chi connectivity index (χ4n) is 9.67. The Labute approximate surface area is 428 Å². The van der Waals surface area contributed by atoms with Crippen molar-refractivity contribution in [1.29, 1.82) is 0 Å². The van der Waals surface area contributed by atoms with Crippen molar-refractivity contribution in [1.82, 2.24) is 14.1 Å². The van der Waals surface area contributed by atoms with Crippen LogP contribution in [-0.2, 0) is 42.7 Å². The van der Waals surface area contributed by atoms with Gasteiger partial charge in [0.2, 0.25) is 0 Å². The zero-order valence-corrected chi connectivity index (χ0v) is 44.1. The fourth-order valence-corrected chi connectivity index (χ4v) is 9.67. The second-order valence-corrected chi connectivity index (χ2v) is 21.5. The number of benzene rings is 7. The van der Waals surface area contributed by atoms with Crippen molar-refractivity contribution in [2.45, 2.75) is 90.9 Å². The van der Waals surface area contributed by atoms with E-state index in [1.54, 1.807) is 0 Å². The molecule has 0 fully saturated rings. The zero-order chi connectivity index (χ0) is 48.3. The third-order valence-electron chi connectivity index (χ3n) is 13.9. The number of ether oxygens (including phenoxy) is 1. The minimum atomic E-state index is -0.427. The van der Waals surface area contributed by atoms with Gasteiger partial charge in [0, 0.05) is 55.9 Å². The molecule has 0 radical (unpaired) electrons. The molecule has 0 atom stereocenters. The molecule has 10 aromatic rings. The van der Waals surface area contributed by atoms with Crippen molar-refractivity contribution in [2.24, 2.45) is 0 Å². The summed E-state index contributed by atoms with van der Waals surface area (Å²) in [6.07, 6.45) is 7.92. The predicted molar refractivity (Wildman–Crippen MR) is 282 cm³/mol. The summed E-state index contributed by atoms with van der Waals surface area (Å²) < 4.78 is 13.7. The second-order valence-electron chi connectivity index (χ2n) is 21.5. The number of nitrogens with zero attached hydrogens (tertiary/aromatic N) is 4. The quantitative estimate of drug-likeness (QED) is 0.101. The third-order valence-corrected chi connectivity index (χ3v) is 13.9. The molecule has 0 aliphatic rings. The van der Waals surface area contributed by atoms with E-state index in [2.05, 4.69) is 277 Å². The number of fused-ring (bicyclic) bond motifs is 3. The maximum absolute atomic E-state index is 7.18. The number of imidazole rings is 1. The summed E-state index contributed by atoms with van der Waals surface area (Å²) in [4.78, 5) is 5.02. The van der Waals surface area contributed by atoms with Crippen molar-refractivity contribution in [2.75, 3.05) is 0 Å². The Kier molecular flexibility index (Phi) is 12.7. The summed E-state index contributed by atoms with van der Waals surface area (Å²) >= 11 is 0. The summed E-state index contributed by atoms with van der Waals surface area (Å²) in [5, 5.41) is 2.25. The molecule has 5 nitrogen and oxygen atoms in total. The molecule has 0 bridgehead atoms. The van der Waals surface area contributed by atoms with Crippen LogP contribution in [-0.4, -0.2) is 14.1 Å². The van der Waals surface area contributed by atoms with Gasteiger partial charge in [0.05, 0.1) is 11.4 Å². The van der Waals surface area contributed by atoms with Crippen molar-refractivity contribution in [3.05, 3.63) is 234 Å². The standard InChI is InChI=1S/C64H60N4O.Pt/c1-61(2,3)48-29-22-30-50(37-48)67-43-66(42-58(67)64(9,10)47-27-18-13-19-28-47)51-35-45(44-23-14-11-15-24-44)36-52(39-51)69-53-40-55(63(7,8)46-25-16-12-17-26-46)60-54-31-20-21-32-56(54)68(57(60)41-53)59-38-49(33-34-65-59)62(4,5)6;/h11-38,40,42H,1-10H3;/q-2;. The molecule has 70 heavy (non-hydrogen) atoms. The molecule has 354 valence electrons. The molecule has 0 amide bonds. The summed E-state index contributed by atoms with van der Waals surface area (Å²) in [5.41, 5.74) is 12.0. The van der Waals surface area contributed by atoms with E-state index in [1.807, 2.05) is 6.20 Å². The molecule has 0 unspecified atom stereocenters. The first-order valence-corrected chi connectivity index (χ1v) is 24.0. The van der Waals surface area contributed by atoms with Crippen LogP contribution >= 0.6 is 0 Å². The molecule has 0 aliphatic carbocycles. The molecule has 0 N–H and O–H groups in total. The van der Waals surface area contributed by atoms with Crippen LogP contribution in [0, 0.1) is 18.5 Å². The molecule has 3 aromatic heterocycles. The van der Waals surface area contributed by atoms with E-state index < -0.39 is 5.41 Å². The smallest absolute Gasteiger partial charge is 0.267 e. The predicted octanol–water partition coefficient (Wildman–Crippen LogP) is 15.4. The average molecular weight is 1100 g/mol. The van der Waals surface area contributed by atoms with Gasteiger partial charge < -0.3 is 13.9 Å². The summed E-state index contributed by atoms with van der Waals surface area (Å²) in [7, 11) is 0. The van der Waals surface area contributed by atoms with Crippen molar-refractivity contribution in [3.8, 4) is 39.8 Å². The molecule has 7 aromatic carbocycles. The van der Waals surface area contributed by atoms with E-state index in [0.717, 1.165) is 61.4 Å². The minimum absolute atomic E-state index is 0. The molecule has 0 saturated heterocycles. The van der Waals surface area contributed by atoms with Gasteiger partial charge in [-0.1, -0.05) is 201 Å². The maximum atomic E-state index is 7.18. The Morgan fingerprint density at radius 3 is 1.79 bits per heavy atom. The Hall–Kier alpha value is -6.81. The fraction of sp³-hybridized carbons (Fsp3) is 0.219. The van der Waals surface area contributed by atoms with E-state index >= 15 is 0 Å². The molecular formula is C64H60N4OPt-2. The van der Waals surface area contributed by atoms with Gasteiger partial charge in [-0.2, -0.15) is 6.07 Å². The zero-order valence-electron chi connectivity index (χ0n) is 41.8. The largest absolute Gasteiger partial charge is 0.510 e. The summed E-state index contributed by atoms with van der Waals surface area (Å²) in [6.45, 7) is 22.7. The van der Waals surface area contributed by atoms with Crippen LogP contribution in [0.1, 0.15) is 103 Å². The first-order valence-electron chi connectivity index (χ1n) is 24.0. The third kappa shape index (κ3) is 9.09. The number of pyridine rings is 1. The van der Waals surface area contributed by atoms with Gasteiger partial charge in [-0.05, 0) is 85.5 Å². The molecule has 0 spiro atoms. The molecule has 0 aliphatic heterocycles. The number of hydrogen-bond acceptors (Lipinski definition) is 2. The van der Waals surface area contributed by atoms with Gasteiger partial charge in [-0.3, -0.25) is 4.57 Å². The van der Waals surface area contributed by atoms with Gasteiger partial charge in [0.1, 0.15) is 5.82 Å². The van der Waals surface area contributed by atoms with Gasteiger partial charge >= 0.3 is 0 Å². The van der Waals surface area contributed by atoms with Crippen molar-refractivity contribution in [3.63, 3.8) is 0 Å². The molecule has 0 saturated carbocycles. The molecule has 6 heteroatoms. The van der Waals surface area contributed by atoms with Gasteiger partial charge in [0.25, 0.3) is 6.33 Å². The Morgan fingerprint density at radius 2 is 1.11 bits per heavy atom. The Bertz CT molecular complexity index is 3480. The topological polar surface area (TPSA) is 35.9 Å². The molecule has 3 heterocycles. The van der Waals surface area contributed by atoms with Gasteiger partial charge in [-0.25, -0.2) is 4.98 Å². The summed E-state index contributed by atoms with van der Waals surface area (Å²) in [5.74, 6) is 1.98. The van der Waals surface area contributed by atoms with Gasteiger partial charge in [-0.15, -0.1) is 35.4 Å². The van der Waals surface area contributed by atoms with Crippen LogP contribution in [0.2, 0.25) is 0 Å². The van der Waals surface area contributed by atoms with Crippen LogP contribution in [0.5, 0.6) is 11.5 Å². The van der Waals surface area contributed by atoms with Crippen LogP contribution < -0.4 is 9.30 Å². The first-order chi connectivity index (χ1) is 33.0. The van der Waals surface area contributed by atoms with Crippen molar-refractivity contribution < 1.29 is 30.4 Å². The van der Waals surface area contributed by atoms with E-state index in [0.29, 0.717) is 11.5 Å². The normalized spacial score (nSPS) is 12.3. The van der Waals surface area contributed by atoms with Crippen molar-refractivity contribution >= 4 is 21.8 Å². The second kappa shape index (κ2) is 18.5. The monoisotopic (exact) mass is 1100 g/mol. The van der Waals surface area contributed by atoms with Crippen LogP contribution in [0.15, 0.2) is 182 Å². The maximum Gasteiger partial charge on any atom is 0.267 e. The molecular weight excluding hydrogens is 1040 g/mol. The first kappa shape index (κ1) is 48.2. The Balaban J connectivity index is 0.00000608. The van der Waals surface area contributed by atoms with E-state index in [1.165, 1.54) is 22.3 Å². The number of hydrogen-bond donors (Lipinski definition) is 0. The average Bonchev–Trinajstić information content (AvgIpc) is 3.95. The summed E-state index contributed by atoms with van der Waals surface area (Å²) in [6, 6.07) is 67.7. The van der Waals surface area contributed by atoms with Crippen LogP contribution in [0.25, 0.3) is 50.1 Å². The molecule has 10 rings (SSSR count). The van der Waals surface area contributed by atoms with E-state index in [9.17, 15) is 0 Å². The van der Waals surface area contributed by atoms with Gasteiger partial charge in [0.15, 0.2) is 0 Å². The van der Waals surface area contributed by atoms with Crippen LogP contribution in [0.3, 0.4) is 0 Å². The number of para-hydroxylation sites is 1. The van der Waals surface area contributed by atoms with E-state index in [-0.39, 0.29) is 37.3 Å². The van der Waals surface area contributed by atoms with E-state index in [4.69, 9.17) is 9.72 Å². The van der Waals surface area contributed by atoms with Crippen LogP contribution in [0.4, 0.5) is 0 Å². The SMILES string of the molecule is CC(C)(C)c1cccc(-[n+]2[c-]n(-c3[c-]c(Oc4[c-]c5c(c(C(C)(C)c6ccccc6)c4)c4ccccc4n5-c4cc(C(C)(C)C)ccn4)cc(-c4ccccc4)c3)cc2C(C)(C)c2ccccc2)c1.[Pt]. The number of aromatic nitrogens is 4.